The molecule has 0 bridgehead atoms. The van der Waals surface area contributed by atoms with Gasteiger partial charge in [0.2, 0.25) is 0 Å². The number of benzene rings is 5. The van der Waals surface area contributed by atoms with Gasteiger partial charge in [-0.15, -0.1) is 0 Å². The maximum atomic E-state index is 6.47. The molecule has 0 N–H and O–H groups in total. The first kappa shape index (κ1) is 18.6. The van der Waals surface area contributed by atoms with Crippen molar-refractivity contribution in [2.24, 2.45) is 0 Å². The molecule has 0 aliphatic heterocycles. The van der Waals surface area contributed by atoms with Gasteiger partial charge in [0.1, 0.15) is 5.58 Å². The van der Waals surface area contributed by atoms with Crippen LogP contribution in [0.1, 0.15) is 0 Å². The molecule has 0 unspecified atom stereocenters. The number of nitrogens with zero attached hydrogens (tertiary/aromatic N) is 1. The lowest BCUT2D eigenvalue weighted by Crippen LogP contribution is -1.97. The number of halogens is 1. The van der Waals surface area contributed by atoms with E-state index in [4.69, 9.17) is 16.0 Å². The van der Waals surface area contributed by atoms with Crippen molar-refractivity contribution in [2.75, 3.05) is 0 Å². The summed E-state index contributed by atoms with van der Waals surface area (Å²) in [7, 11) is 0. The molecule has 0 amide bonds. The molecule has 0 aliphatic rings. The van der Waals surface area contributed by atoms with Crippen LogP contribution < -0.4 is 0 Å². The van der Waals surface area contributed by atoms with Crippen molar-refractivity contribution in [3.8, 4) is 16.8 Å². The Labute approximate surface area is 195 Å². The summed E-state index contributed by atoms with van der Waals surface area (Å²) in [5.41, 5.74) is 7.38. The number of hydrogen-bond acceptors (Lipinski definition) is 1. The molecule has 0 spiro atoms. The summed E-state index contributed by atoms with van der Waals surface area (Å²) >= 11 is 6.47. The predicted octanol–water partition coefficient (Wildman–Crippen LogP) is 9.00. The second-order valence-electron chi connectivity index (χ2n) is 8.28. The summed E-state index contributed by atoms with van der Waals surface area (Å²) in [6.45, 7) is 0. The van der Waals surface area contributed by atoms with E-state index in [0.29, 0.717) is 5.02 Å². The molecule has 7 aromatic rings. The SMILES string of the molecule is Clc1cccc2c1oc1cccc(-c3ccccc3-n3c4ccccc4c4ccccc43)c12. The molecule has 33 heavy (non-hydrogen) atoms. The number of furan rings is 1. The van der Waals surface area contributed by atoms with E-state index in [1.54, 1.807) is 0 Å². The highest BCUT2D eigenvalue weighted by Crippen LogP contribution is 2.42. The number of hydrogen-bond donors (Lipinski definition) is 0. The molecule has 0 saturated heterocycles. The maximum Gasteiger partial charge on any atom is 0.154 e. The van der Waals surface area contributed by atoms with E-state index >= 15 is 0 Å². The first-order valence-electron chi connectivity index (χ1n) is 11.0. The second-order valence-corrected chi connectivity index (χ2v) is 8.69. The first-order chi connectivity index (χ1) is 16.3. The van der Waals surface area contributed by atoms with Crippen molar-refractivity contribution < 1.29 is 4.42 Å². The zero-order chi connectivity index (χ0) is 21.9. The monoisotopic (exact) mass is 443 g/mol. The molecular formula is C30H18ClNO. The number of rotatable bonds is 2. The van der Waals surface area contributed by atoms with E-state index in [-0.39, 0.29) is 0 Å². The van der Waals surface area contributed by atoms with Crippen LogP contribution in [0.4, 0.5) is 0 Å². The number of aromatic nitrogens is 1. The van der Waals surface area contributed by atoms with Crippen molar-refractivity contribution in [3.63, 3.8) is 0 Å². The Morgan fingerprint density at radius 2 is 1.15 bits per heavy atom. The lowest BCUT2D eigenvalue weighted by atomic mass is 9.97. The third-order valence-corrected chi connectivity index (χ3v) is 6.79. The largest absolute Gasteiger partial charge is 0.454 e. The predicted molar refractivity (Wildman–Crippen MR) is 139 cm³/mol. The van der Waals surface area contributed by atoms with Gasteiger partial charge in [-0.05, 0) is 35.9 Å². The lowest BCUT2D eigenvalue weighted by molar-refractivity contribution is 0.669. The summed E-state index contributed by atoms with van der Waals surface area (Å²) in [6, 6.07) is 38.0. The molecule has 0 saturated carbocycles. The average molecular weight is 444 g/mol. The molecule has 2 nitrogen and oxygen atoms in total. The van der Waals surface area contributed by atoms with Gasteiger partial charge in [-0.1, -0.05) is 90.5 Å². The molecule has 0 fully saturated rings. The van der Waals surface area contributed by atoms with E-state index in [1.165, 1.54) is 21.8 Å². The van der Waals surface area contributed by atoms with Gasteiger partial charge >= 0.3 is 0 Å². The van der Waals surface area contributed by atoms with E-state index in [2.05, 4.69) is 95.6 Å². The zero-order valence-corrected chi connectivity index (χ0v) is 18.4. The Morgan fingerprint density at radius 1 is 0.545 bits per heavy atom. The quantitative estimate of drug-likeness (QED) is 0.260. The average Bonchev–Trinajstić information content (AvgIpc) is 3.41. The first-order valence-corrected chi connectivity index (χ1v) is 11.4. The van der Waals surface area contributed by atoms with E-state index in [0.717, 1.165) is 38.8 Å². The van der Waals surface area contributed by atoms with Crippen molar-refractivity contribution in [1.29, 1.82) is 0 Å². The van der Waals surface area contributed by atoms with E-state index in [1.807, 2.05) is 18.2 Å². The van der Waals surface area contributed by atoms with Gasteiger partial charge in [0.05, 0.1) is 21.7 Å². The minimum atomic E-state index is 0.630. The van der Waals surface area contributed by atoms with E-state index in [9.17, 15) is 0 Å². The Kier molecular flexibility index (Phi) is 3.93. The smallest absolute Gasteiger partial charge is 0.154 e. The molecular weight excluding hydrogens is 426 g/mol. The summed E-state index contributed by atoms with van der Waals surface area (Å²) < 4.78 is 8.55. The van der Waals surface area contributed by atoms with Crippen LogP contribution in [0, 0.1) is 0 Å². The Morgan fingerprint density at radius 3 is 1.94 bits per heavy atom. The van der Waals surface area contributed by atoms with Crippen LogP contribution in [-0.2, 0) is 0 Å². The molecule has 7 rings (SSSR count). The van der Waals surface area contributed by atoms with E-state index < -0.39 is 0 Å². The van der Waals surface area contributed by atoms with Gasteiger partial charge in [0.15, 0.2) is 5.58 Å². The Hall–Kier alpha value is -4.01. The topological polar surface area (TPSA) is 18.1 Å². The molecule has 0 atom stereocenters. The van der Waals surface area contributed by atoms with Crippen molar-refractivity contribution >= 4 is 55.3 Å². The summed E-state index contributed by atoms with van der Waals surface area (Å²) in [6.07, 6.45) is 0. The van der Waals surface area contributed by atoms with Crippen LogP contribution >= 0.6 is 11.6 Å². The minimum absolute atomic E-state index is 0.630. The van der Waals surface area contributed by atoms with Gasteiger partial charge < -0.3 is 8.98 Å². The van der Waals surface area contributed by atoms with Crippen LogP contribution in [-0.4, -0.2) is 4.57 Å². The maximum absolute atomic E-state index is 6.47. The van der Waals surface area contributed by atoms with Gasteiger partial charge in [0.25, 0.3) is 0 Å². The Balaban J connectivity index is 1.62. The fraction of sp³-hybridized carbons (Fsp3) is 0. The van der Waals surface area contributed by atoms with Crippen LogP contribution in [0.2, 0.25) is 5.02 Å². The van der Waals surface area contributed by atoms with Crippen LogP contribution in [0.25, 0.3) is 60.6 Å². The molecule has 0 radical (unpaired) electrons. The van der Waals surface area contributed by atoms with Gasteiger partial charge in [0, 0.05) is 27.1 Å². The van der Waals surface area contributed by atoms with Gasteiger partial charge in [-0.25, -0.2) is 0 Å². The van der Waals surface area contributed by atoms with Crippen LogP contribution in [0.15, 0.2) is 114 Å². The summed E-state index contributed by atoms with van der Waals surface area (Å²) in [4.78, 5) is 0. The molecule has 2 aromatic heterocycles. The zero-order valence-electron chi connectivity index (χ0n) is 17.6. The van der Waals surface area contributed by atoms with Gasteiger partial charge in [-0.2, -0.15) is 0 Å². The second kappa shape index (κ2) is 6.99. The third kappa shape index (κ3) is 2.62. The molecule has 0 aliphatic carbocycles. The number of para-hydroxylation sites is 4. The van der Waals surface area contributed by atoms with Crippen molar-refractivity contribution in [1.82, 2.24) is 4.57 Å². The summed E-state index contributed by atoms with van der Waals surface area (Å²) in [5, 5.41) is 5.25. The van der Waals surface area contributed by atoms with Crippen molar-refractivity contribution in [2.45, 2.75) is 0 Å². The normalized spacial score (nSPS) is 11.8. The standard InChI is InChI=1S/C30H18ClNO/c31-24-14-7-13-23-29-22(12-8-18-28(29)33-30(23)24)21-11-3-6-17-27(21)32-25-15-4-1-9-19(25)20-10-2-5-16-26(20)32/h1-18H. The fourth-order valence-electron chi connectivity index (χ4n) is 5.12. The Bertz CT molecular complexity index is 1790. The highest BCUT2D eigenvalue weighted by Gasteiger charge is 2.18. The molecule has 2 heterocycles. The molecule has 5 aromatic carbocycles. The number of fused-ring (bicyclic) bond motifs is 6. The highest BCUT2D eigenvalue weighted by molar-refractivity contribution is 6.36. The summed E-state index contributed by atoms with van der Waals surface area (Å²) in [5.74, 6) is 0. The fourth-order valence-corrected chi connectivity index (χ4v) is 5.33. The van der Waals surface area contributed by atoms with Crippen LogP contribution in [0.3, 0.4) is 0 Å². The molecule has 156 valence electrons. The van der Waals surface area contributed by atoms with Crippen LogP contribution in [0.5, 0.6) is 0 Å². The van der Waals surface area contributed by atoms with Crippen molar-refractivity contribution in [3.05, 3.63) is 114 Å². The third-order valence-electron chi connectivity index (χ3n) is 6.49. The molecule has 3 heteroatoms. The lowest BCUT2D eigenvalue weighted by Gasteiger charge is -2.14. The highest BCUT2D eigenvalue weighted by atomic mass is 35.5. The minimum Gasteiger partial charge on any atom is -0.454 e. The van der Waals surface area contributed by atoms with Gasteiger partial charge in [-0.3, -0.25) is 0 Å².